The zero-order valence-corrected chi connectivity index (χ0v) is 10.3. The van der Waals surface area contributed by atoms with Gasteiger partial charge in [0, 0.05) is 11.3 Å². The molecule has 2 aromatic carbocycles. The quantitative estimate of drug-likeness (QED) is 0.829. The van der Waals surface area contributed by atoms with Gasteiger partial charge in [-0.25, -0.2) is 8.78 Å². The standard InChI is InChI=1S/C13H9ClF2N2O/c14-9-5-7(1-3-10(9)15)13(19)18-8-2-4-11(16)12(17)6-8/h1-6H,17H2,(H,18,19). The van der Waals surface area contributed by atoms with Crippen molar-refractivity contribution in [3.63, 3.8) is 0 Å². The molecule has 98 valence electrons. The largest absolute Gasteiger partial charge is 0.396 e. The SMILES string of the molecule is Nc1cc(NC(=O)c2ccc(F)c(Cl)c2)ccc1F. The first-order chi connectivity index (χ1) is 8.97. The van der Waals surface area contributed by atoms with E-state index in [1.54, 1.807) is 0 Å². The highest BCUT2D eigenvalue weighted by Crippen LogP contribution is 2.19. The number of carbonyl (C=O) groups excluding carboxylic acids is 1. The number of amides is 1. The van der Waals surface area contributed by atoms with Crippen molar-refractivity contribution in [2.45, 2.75) is 0 Å². The molecule has 0 aromatic heterocycles. The van der Waals surface area contributed by atoms with Gasteiger partial charge >= 0.3 is 0 Å². The van der Waals surface area contributed by atoms with Gasteiger partial charge in [0.25, 0.3) is 5.91 Å². The summed E-state index contributed by atoms with van der Waals surface area (Å²) in [4.78, 5) is 11.8. The Balaban J connectivity index is 2.20. The van der Waals surface area contributed by atoms with Crippen LogP contribution < -0.4 is 11.1 Å². The van der Waals surface area contributed by atoms with E-state index < -0.39 is 17.5 Å². The third-order valence-electron chi connectivity index (χ3n) is 2.44. The summed E-state index contributed by atoms with van der Waals surface area (Å²) < 4.78 is 25.9. The monoisotopic (exact) mass is 282 g/mol. The van der Waals surface area contributed by atoms with Crippen LogP contribution in [0.3, 0.4) is 0 Å². The second-order valence-electron chi connectivity index (χ2n) is 3.82. The lowest BCUT2D eigenvalue weighted by Crippen LogP contribution is -2.12. The lowest BCUT2D eigenvalue weighted by atomic mass is 10.2. The number of nitrogens with one attached hydrogen (secondary N) is 1. The van der Waals surface area contributed by atoms with Crippen LogP contribution in [0.1, 0.15) is 10.4 Å². The minimum absolute atomic E-state index is 0.0741. The van der Waals surface area contributed by atoms with Crippen molar-refractivity contribution in [3.05, 3.63) is 58.6 Å². The highest BCUT2D eigenvalue weighted by atomic mass is 35.5. The second-order valence-corrected chi connectivity index (χ2v) is 4.23. The van der Waals surface area contributed by atoms with Crippen molar-refractivity contribution in [3.8, 4) is 0 Å². The Hall–Kier alpha value is -2.14. The summed E-state index contributed by atoms with van der Waals surface area (Å²) in [5.41, 5.74) is 5.83. The molecular weight excluding hydrogens is 274 g/mol. The molecule has 19 heavy (non-hydrogen) atoms. The molecule has 3 N–H and O–H groups in total. The topological polar surface area (TPSA) is 55.1 Å². The summed E-state index contributed by atoms with van der Waals surface area (Å²) >= 11 is 5.58. The number of rotatable bonds is 2. The Kier molecular flexibility index (Phi) is 3.66. The van der Waals surface area contributed by atoms with Gasteiger partial charge < -0.3 is 11.1 Å². The second kappa shape index (κ2) is 5.24. The molecule has 0 aliphatic carbocycles. The van der Waals surface area contributed by atoms with Crippen LogP contribution in [0.25, 0.3) is 0 Å². The summed E-state index contributed by atoms with van der Waals surface area (Å²) in [5, 5.41) is 2.36. The predicted octanol–water partition coefficient (Wildman–Crippen LogP) is 3.45. The average Bonchev–Trinajstić information content (AvgIpc) is 2.37. The molecular formula is C13H9ClF2N2O. The molecule has 0 bridgehead atoms. The smallest absolute Gasteiger partial charge is 0.255 e. The minimum Gasteiger partial charge on any atom is -0.396 e. The van der Waals surface area contributed by atoms with E-state index >= 15 is 0 Å². The third kappa shape index (κ3) is 3.00. The summed E-state index contributed by atoms with van der Waals surface area (Å²) in [6.45, 7) is 0. The van der Waals surface area contributed by atoms with Crippen LogP contribution >= 0.6 is 11.6 Å². The summed E-state index contributed by atoms with van der Waals surface area (Å²) in [6.07, 6.45) is 0. The van der Waals surface area contributed by atoms with Gasteiger partial charge in [0.1, 0.15) is 11.6 Å². The molecule has 0 aliphatic rings. The Labute approximate surface area is 113 Å². The minimum atomic E-state index is -0.607. The number of anilines is 2. The molecule has 0 saturated carbocycles. The van der Waals surface area contributed by atoms with Gasteiger partial charge in [0.2, 0.25) is 0 Å². The van der Waals surface area contributed by atoms with Crippen molar-refractivity contribution in [1.29, 1.82) is 0 Å². The lowest BCUT2D eigenvalue weighted by molar-refractivity contribution is 0.102. The van der Waals surface area contributed by atoms with Crippen molar-refractivity contribution >= 4 is 28.9 Å². The van der Waals surface area contributed by atoms with Crippen molar-refractivity contribution in [2.24, 2.45) is 0 Å². The first-order valence-electron chi connectivity index (χ1n) is 5.29. The Morgan fingerprint density at radius 2 is 1.79 bits per heavy atom. The van der Waals surface area contributed by atoms with Crippen LogP contribution in [0.2, 0.25) is 5.02 Å². The predicted molar refractivity (Wildman–Crippen MR) is 70.2 cm³/mol. The van der Waals surface area contributed by atoms with E-state index in [1.165, 1.54) is 24.3 Å². The third-order valence-corrected chi connectivity index (χ3v) is 2.73. The summed E-state index contributed by atoms with van der Waals surface area (Å²) in [7, 11) is 0. The molecule has 0 radical (unpaired) electrons. The number of benzene rings is 2. The first kappa shape index (κ1) is 13.3. The first-order valence-corrected chi connectivity index (χ1v) is 5.66. The van der Waals surface area contributed by atoms with Gasteiger partial charge in [0.15, 0.2) is 0 Å². The van der Waals surface area contributed by atoms with E-state index in [0.29, 0.717) is 5.69 Å². The number of halogens is 3. The lowest BCUT2D eigenvalue weighted by Gasteiger charge is -2.07. The molecule has 0 saturated heterocycles. The maximum absolute atomic E-state index is 13.0. The molecule has 0 spiro atoms. The number of carbonyl (C=O) groups is 1. The summed E-state index contributed by atoms with van der Waals surface area (Å²) in [5.74, 6) is -1.67. The number of hydrogen-bond acceptors (Lipinski definition) is 2. The van der Waals surface area contributed by atoms with E-state index in [-0.39, 0.29) is 16.3 Å². The fraction of sp³-hybridized carbons (Fsp3) is 0. The van der Waals surface area contributed by atoms with Crippen LogP contribution in [0.5, 0.6) is 0 Å². The highest BCUT2D eigenvalue weighted by molar-refractivity contribution is 6.31. The maximum Gasteiger partial charge on any atom is 0.255 e. The van der Waals surface area contributed by atoms with E-state index in [9.17, 15) is 13.6 Å². The Morgan fingerprint density at radius 1 is 1.11 bits per heavy atom. The van der Waals surface area contributed by atoms with Gasteiger partial charge in [-0.15, -0.1) is 0 Å². The van der Waals surface area contributed by atoms with E-state index in [1.807, 2.05) is 0 Å². The molecule has 0 aliphatic heterocycles. The molecule has 0 heterocycles. The van der Waals surface area contributed by atoms with Gasteiger partial charge in [0.05, 0.1) is 10.7 Å². The van der Waals surface area contributed by atoms with E-state index in [0.717, 1.165) is 12.1 Å². The zero-order chi connectivity index (χ0) is 14.0. The average molecular weight is 283 g/mol. The zero-order valence-electron chi connectivity index (χ0n) is 9.58. The molecule has 0 fully saturated rings. The number of nitrogen functional groups attached to an aromatic ring is 1. The van der Waals surface area contributed by atoms with Crippen LogP contribution in [0.15, 0.2) is 36.4 Å². The van der Waals surface area contributed by atoms with Gasteiger partial charge in [-0.1, -0.05) is 11.6 Å². The van der Waals surface area contributed by atoms with Gasteiger partial charge in [-0.2, -0.15) is 0 Å². The highest BCUT2D eigenvalue weighted by Gasteiger charge is 2.09. The molecule has 2 rings (SSSR count). The van der Waals surface area contributed by atoms with Crippen molar-refractivity contribution in [1.82, 2.24) is 0 Å². The normalized spacial score (nSPS) is 10.3. The fourth-order valence-electron chi connectivity index (χ4n) is 1.46. The molecule has 1 amide bonds. The Morgan fingerprint density at radius 3 is 2.42 bits per heavy atom. The maximum atomic E-state index is 13.0. The van der Waals surface area contributed by atoms with Gasteiger partial charge in [-0.3, -0.25) is 4.79 Å². The van der Waals surface area contributed by atoms with Crippen molar-refractivity contribution in [2.75, 3.05) is 11.1 Å². The fourth-order valence-corrected chi connectivity index (χ4v) is 1.64. The van der Waals surface area contributed by atoms with Crippen LogP contribution in [-0.4, -0.2) is 5.91 Å². The van der Waals surface area contributed by atoms with Crippen LogP contribution in [0, 0.1) is 11.6 Å². The molecule has 2 aromatic rings. The number of hydrogen-bond donors (Lipinski definition) is 2. The molecule has 0 unspecified atom stereocenters. The Bertz CT molecular complexity index is 647. The molecule has 6 heteroatoms. The molecule has 3 nitrogen and oxygen atoms in total. The van der Waals surface area contributed by atoms with Crippen LogP contribution in [0.4, 0.5) is 20.2 Å². The number of nitrogens with two attached hydrogens (primary N) is 1. The van der Waals surface area contributed by atoms with E-state index in [2.05, 4.69) is 5.32 Å². The van der Waals surface area contributed by atoms with Crippen molar-refractivity contribution < 1.29 is 13.6 Å². The van der Waals surface area contributed by atoms with Crippen LogP contribution in [-0.2, 0) is 0 Å². The van der Waals surface area contributed by atoms with E-state index in [4.69, 9.17) is 17.3 Å². The molecule has 0 atom stereocenters. The van der Waals surface area contributed by atoms with Gasteiger partial charge in [-0.05, 0) is 36.4 Å². The summed E-state index contributed by atoms with van der Waals surface area (Å²) in [6, 6.07) is 7.40.